The fourth-order valence-corrected chi connectivity index (χ4v) is 3.31. The molecule has 0 radical (unpaired) electrons. The van der Waals surface area contributed by atoms with Crippen molar-refractivity contribution >= 4 is 27.7 Å². The van der Waals surface area contributed by atoms with Gasteiger partial charge in [0, 0.05) is 23.1 Å². The molecule has 0 saturated carbocycles. The first-order valence-corrected chi connectivity index (χ1v) is 11.4. The second kappa shape index (κ2) is 10.6. The van der Waals surface area contributed by atoms with Crippen LogP contribution in [-0.2, 0) is 10.2 Å². The topological polar surface area (TPSA) is 106 Å². The first-order valence-electron chi connectivity index (χ1n) is 10.6. The van der Waals surface area contributed by atoms with Crippen LogP contribution in [-0.4, -0.2) is 41.1 Å². The highest BCUT2D eigenvalue weighted by Gasteiger charge is 2.18. The number of hydrogen-bond donors (Lipinski definition) is 2. The van der Waals surface area contributed by atoms with E-state index in [9.17, 15) is 9.59 Å². The predicted octanol–water partition coefficient (Wildman–Crippen LogP) is 4.11. The number of nitrogens with one attached hydrogen (secondary N) is 2. The Morgan fingerprint density at radius 2 is 1.79 bits per heavy atom. The molecule has 3 aromatic rings. The number of hydrogen-bond acceptors (Lipinski definition) is 6. The van der Waals surface area contributed by atoms with Crippen molar-refractivity contribution in [1.82, 2.24) is 20.8 Å². The molecule has 0 aliphatic heterocycles. The summed E-state index contributed by atoms with van der Waals surface area (Å²) in [5.74, 6) is -0.00802. The molecule has 0 bridgehead atoms. The minimum Gasteiger partial charge on any atom is -0.481 e. The third-order valence-electron chi connectivity index (χ3n) is 4.82. The molecule has 3 rings (SSSR count). The first kappa shape index (κ1) is 24.4. The third-order valence-corrected chi connectivity index (χ3v) is 5.31. The number of halogens is 1. The maximum atomic E-state index is 12.3. The average Bonchev–Trinajstić information content (AvgIpc) is 3.26. The van der Waals surface area contributed by atoms with Crippen LogP contribution in [0.25, 0.3) is 11.4 Å². The highest BCUT2D eigenvalue weighted by atomic mass is 79.9. The Morgan fingerprint density at radius 1 is 1.09 bits per heavy atom. The van der Waals surface area contributed by atoms with E-state index in [0.717, 1.165) is 10.0 Å². The van der Waals surface area contributed by atoms with Crippen LogP contribution in [0.5, 0.6) is 5.75 Å². The van der Waals surface area contributed by atoms with Crippen LogP contribution in [0.3, 0.4) is 0 Å². The van der Waals surface area contributed by atoms with Crippen LogP contribution in [0, 0.1) is 0 Å². The van der Waals surface area contributed by atoms with Gasteiger partial charge in [-0.25, -0.2) is 0 Å². The Bertz CT molecular complexity index is 1110. The minimum atomic E-state index is -0.682. The second-order valence-electron chi connectivity index (χ2n) is 8.51. The van der Waals surface area contributed by atoms with E-state index in [2.05, 4.69) is 57.5 Å². The van der Waals surface area contributed by atoms with Crippen LogP contribution in [0.1, 0.15) is 43.9 Å². The van der Waals surface area contributed by atoms with Crippen LogP contribution < -0.4 is 15.4 Å². The molecule has 0 saturated heterocycles. The van der Waals surface area contributed by atoms with Gasteiger partial charge in [-0.15, -0.1) is 0 Å². The average molecular weight is 515 g/mol. The van der Waals surface area contributed by atoms with Crippen molar-refractivity contribution in [3.05, 3.63) is 64.5 Å². The standard InChI is InChI=1S/C24H27BrN4O4/c1-15(32-19-7-5-6-18(25)14-19)21(30)26-12-13-27-22(31)23-28-20(29-33-23)16-8-10-17(11-9-16)24(2,3)4/h5-11,14-15H,12-13H2,1-4H3,(H,26,30)(H,27,31). The van der Waals surface area contributed by atoms with E-state index in [1.54, 1.807) is 19.1 Å². The molecule has 2 aromatic carbocycles. The zero-order valence-corrected chi connectivity index (χ0v) is 20.6. The number of aromatic nitrogens is 2. The molecule has 174 valence electrons. The van der Waals surface area contributed by atoms with Crippen molar-refractivity contribution < 1.29 is 18.8 Å². The van der Waals surface area contributed by atoms with E-state index in [1.807, 2.05) is 36.4 Å². The molecule has 9 heteroatoms. The fourth-order valence-electron chi connectivity index (χ4n) is 2.93. The molecule has 0 spiro atoms. The smallest absolute Gasteiger partial charge is 0.316 e. The summed E-state index contributed by atoms with van der Waals surface area (Å²) in [6, 6.07) is 15.1. The van der Waals surface area contributed by atoms with Gasteiger partial charge >= 0.3 is 11.8 Å². The van der Waals surface area contributed by atoms with E-state index >= 15 is 0 Å². The van der Waals surface area contributed by atoms with Crippen molar-refractivity contribution in [3.63, 3.8) is 0 Å². The van der Waals surface area contributed by atoms with Crippen LogP contribution in [0.2, 0.25) is 0 Å². The monoisotopic (exact) mass is 514 g/mol. The number of nitrogens with zero attached hydrogens (tertiary/aromatic N) is 2. The van der Waals surface area contributed by atoms with Crippen molar-refractivity contribution in [2.45, 2.75) is 39.2 Å². The number of ether oxygens (including phenoxy) is 1. The number of amides is 2. The Hall–Kier alpha value is -3.20. The lowest BCUT2D eigenvalue weighted by atomic mass is 9.87. The van der Waals surface area contributed by atoms with Gasteiger partial charge in [-0.3, -0.25) is 9.59 Å². The maximum Gasteiger partial charge on any atom is 0.316 e. The normalized spacial score (nSPS) is 12.2. The molecule has 2 N–H and O–H groups in total. The quantitative estimate of drug-likeness (QED) is 0.438. The van der Waals surface area contributed by atoms with Crippen molar-refractivity contribution in [2.24, 2.45) is 0 Å². The van der Waals surface area contributed by atoms with Gasteiger partial charge in [-0.2, -0.15) is 4.98 Å². The highest BCUT2D eigenvalue weighted by molar-refractivity contribution is 9.10. The summed E-state index contributed by atoms with van der Waals surface area (Å²) < 4.78 is 11.6. The molecule has 1 aromatic heterocycles. The van der Waals surface area contributed by atoms with Gasteiger partial charge in [-0.05, 0) is 36.1 Å². The SMILES string of the molecule is CC(Oc1cccc(Br)c1)C(=O)NCCNC(=O)c1nc(-c2ccc(C(C)(C)C)cc2)no1. The summed E-state index contributed by atoms with van der Waals surface area (Å²) in [5, 5.41) is 9.25. The molecule has 2 amide bonds. The Labute approximate surface area is 201 Å². The molecule has 1 heterocycles. The third kappa shape index (κ3) is 6.89. The Morgan fingerprint density at radius 3 is 2.45 bits per heavy atom. The zero-order chi connectivity index (χ0) is 24.0. The lowest BCUT2D eigenvalue weighted by molar-refractivity contribution is -0.127. The summed E-state index contributed by atoms with van der Waals surface area (Å²) in [4.78, 5) is 28.6. The first-order chi connectivity index (χ1) is 15.6. The maximum absolute atomic E-state index is 12.3. The van der Waals surface area contributed by atoms with Crippen molar-refractivity contribution in [2.75, 3.05) is 13.1 Å². The summed E-state index contributed by atoms with van der Waals surface area (Å²) in [5.41, 5.74) is 1.99. The molecule has 1 atom stereocenters. The fraction of sp³-hybridized carbons (Fsp3) is 0.333. The summed E-state index contributed by atoms with van der Waals surface area (Å²) in [6.07, 6.45) is -0.682. The summed E-state index contributed by atoms with van der Waals surface area (Å²) in [6.45, 7) is 8.49. The van der Waals surface area contributed by atoms with E-state index in [1.165, 1.54) is 5.56 Å². The van der Waals surface area contributed by atoms with Gasteiger partial charge in [0.25, 0.3) is 5.91 Å². The lowest BCUT2D eigenvalue weighted by Gasteiger charge is -2.18. The predicted molar refractivity (Wildman–Crippen MR) is 128 cm³/mol. The molecule has 33 heavy (non-hydrogen) atoms. The Kier molecular flexibility index (Phi) is 7.86. The molecule has 0 fully saturated rings. The second-order valence-corrected chi connectivity index (χ2v) is 9.43. The van der Waals surface area contributed by atoms with Gasteiger partial charge in [0.1, 0.15) is 5.75 Å². The summed E-state index contributed by atoms with van der Waals surface area (Å²) >= 11 is 3.36. The molecular formula is C24H27BrN4O4. The van der Waals surface area contributed by atoms with E-state index in [0.29, 0.717) is 11.6 Å². The van der Waals surface area contributed by atoms with E-state index in [4.69, 9.17) is 9.26 Å². The van der Waals surface area contributed by atoms with Crippen molar-refractivity contribution in [1.29, 1.82) is 0 Å². The van der Waals surface area contributed by atoms with Gasteiger partial charge in [0.05, 0.1) is 0 Å². The van der Waals surface area contributed by atoms with Crippen LogP contribution in [0.4, 0.5) is 0 Å². The van der Waals surface area contributed by atoms with Crippen LogP contribution >= 0.6 is 15.9 Å². The number of rotatable bonds is 8. The molecule has 1 unspecified atom stereocenters. The number of benzene rings is 2. The number of carbonyl (C=O) groups is 2. The molecule has 8 nitrogen and oxygen atoms in total. The van der Waals surface area contributed by atoms with E-state index in [-0.39, 0.29) is 30.3 Å². The minimum absolute atomic E-state index is 0.0405. The van der Waals surface area contributed by atoms with Gasteiger partial charge in [0.15, 0.2) is 6.10 Å². The highest BCUT2D eigenvalue weighted by Crippen LogP contribution is 2.25. The van der Waals surface area contributed by atoms with Gasteiger partial charge in [0.2, 0.25) is 5.82 Å². The summed E-state index contributed by atoms with van der Waals surface area (Å²) in [7, 11) is 0. The zero-order valence-electron chi connectivity index (χ0n) is 19.0. The molecule has 0 aliphatic carbocycles. The lowest BCUT2D eigenvalue weighted by Crippen LogP contribution is -2.40. The molecular weight excluding hydrogens is 488 g/mol. The largest absolute Gasteiger partial charge is 0.481 e. The number of carbonyl (C=O) groups excluding carboxylic acids is 2. The van der Waals surface area contributed by atoms with E-state index < -0.39 is 12.0 Å². The molecule has 0 aliphatic rings. The van der Waals surface area contributed by atoms with Crippen molar-refractivity contribution in [3.8, 4) is 17.1 Å². The van der Waals surface area contributed by atoms with Gasteiger partial charge < -0.3 is 19.9 Å². The van der Waals surface area contributed by atoms with Gasteiger partial charge in [-0.1, -0.05) is 72.2 Å². The Balaban J connectivity index is 1.45. The van der Waals surface area contributed by atoms with Crippen LogP contribution in [0.15, 0.2) is 57.5 Å².